The highest BCUT2D eigenvalue weighted by molar-refractivity contribution is 7.99. The molecule has 1 N–H and O–H groups in total. The summed E-state index contributed by atoms with van der Waals surface area (Å²) < 4.78 is 0. The quantitative estimate of drug-likeness (QED) is 0.393. The minimum Gasteiger partial charge on any atom is -0.334 e. The van der Waals surface area contributed by atoms with E-state index < -0.39 is 0 Å². The van der Waals surface area contributed by atoms with Gasteiger partial charge in [-0.3, -0.25) is 4.90 Å². The van der Waals surface area contributed by atoms with Gasteiger partial charge in [-0.15, -0.1) is 11.8 Å². The van der Waals surface area contributed by atoms with E-state index >= 15 is 0 Å². The first-order chi connectivity index (χ1) is 17.0. The molecule has 0 radical (unpaired) electrons. The zero-order chi connectivity index (χ0) is 24.4. The van der Waals surface area contributed by atoms with Crippen LogP contribution in [0.15, 0.2) is 65.6 Å². The van der Waals surface area contributed by atoms with E-state index in [-0.39, 0.29) is 11.4 Å². The fourth-order valence-corrected chi connectivity index (χ4v) is 6.30. The Morgan fingerprint density at radius 3 is 2.57 bits per heavy atom. The number of hydrogen-bond donors (Lipinski definition) is 1. The number of rotatable bonds is 5. The third kappa shape index (κ3) is 4.56. The third-order valence-electron chi connectivity index (χ3n) is 7.41. The molecule has 35 heavy (non-hydrogen) atoms. The summed E-state index contributed by atoms with van der Waals surface area (Å²) in [6.07, 6.45) is 4.58. The van der Waals surface area contributed by atoms with Crippen molar-refractivity contribution < 1.29 is 4.79 Å². The normalized spacial score (nSPS) is 15.7. The molecule has 1 aliphatic carbocycles. The van der Waals surface area contributed by atoms with Crippen molar-refractivity contribution in [2.75, 3.05) is 17.2 Å². The van der Waals surface area contributed by atoms with Crippen LogP contribution < -0.4 is 10.2 Å². The molecule has 2 amide bonds. The lowest BCUT2D eigenvalue weighted by atomic mass is 9.79. The Morgan fingerprint density at radius 1 is 1.09 bits per heavy atom. The largest absolute Gasteiger partial charge is 0.334 e. The van der Waals surface area contributed by atoms with Crippen LogP contribution in [0, 0.1) is 18.3 Å². The van der Waals surface area contributed by atoms with Gasteiger partial charge in [0.25, 0.3) is 0 Å². The molecule has 1 aliphatic heterocycles. The SMILES string of the molecule is CCSc1ccc(CNC(=O)N2CC3(CCCC3)c3cc(-c4ccc(C)cc4C#N)ccc32)cc1. The average molecular weight is 482 g/mol. The second-order valence-electron chi connectivity index (χ2n) is 9.70. The molecule has 0 saturated heterocycles. The highest BCUT2D eigenvalue weighted by Gasteiger charge is 2.46. The zero-order valence-electron chi connectivity index (χ0n) is 20.4. The van der Waals surface area contributed by atoms with E-state index in [9.17, 15) is 10.1 Å². The standard InChI is InChI=1S/C30H31N3OS/c1-3-35-25-10-7-22(8-11-25)19-32-29(34)33-20-30(14-4-5-15-30)27-17-23(9-13-28(27)33)26-12-6-21(2)16-24(26)18-31/h6-13,16-17H,3-5,14-15,19-20H2,1-2H3,(H,32,34). The molecule has 5 heteroatoms. The molecule has 3 aromatic carbocycles. The van der Waals surface area contributed by atoms with Gasteiger partial charge in [0.05, 0.1) is 11.6 Å². The topological polar surface area (TPSA) is 56.1 Å². The maximum Gasteiger partial charge on any atom is 0.322 e. The van der Waals surface area contributed by atoms with Crippen LogP contribution in [0.1, 0.15) is 54.9 Å². The number of aryl methyl sites for hydroxylation is 1. The molecule has 4 nitrogen and oxygen atoms in total. The maximum atomic E-state index is 13.4. The Labute approximate surface area is 212 Å². The van der Waals surface area contributed by atoms with Crippen molar-refractivity contribution in [3.05, 3.63) is 82.9 Å². The summed E-state index contributed by atoms with van der Waals surface area (Å²) in [4.78, 5) is 16.5. The maximum absolute atomic E-state index is 13.4. The molecular formula is C30H31N3OS. The summed E-state index contributed by atoms with van der Waals surface area (Å²) in [6.45, 7) is 5.40. The van der Waals surface area contributed by atoms with Crippen LogP contribution in [0.5, 0.6) is 0 Å². The van der Waals surface area contributed by atoms with Gasteiger partial charge in [0, 0.05) is 29.1 Å². The van der Waals surface area contributed by atoms with Gasteiger partial charge in [-0.05, 0) is 83.7 Å². The second-order valence-corrected chi connectivity index (χ2v) is 11.0. The summed E-state index contributed by atoms with van der Waals surface area (Å²) in [5.74, 6) is 1.05. The van der Waals surface area contributed by atoms with Crippen molar-refractivity contribution in [3.63, 3.8) is 0 Å². The number of hydrogen-bond acceptors (Lipinski definition) is 3. The highest BCUT2D eigenvalue weighted by atomic mass is 32.2. The first kappa shape index (κ1) is 23.5. The molecule has 1 spiro atoms. The van der Waals surface area contributed by atoms with Crippen LogP contribution in [0.4, 0.5) is 10.5 Å². The molecule has 1 heterocycles. The minimum absolute atomic E-state index is 0.0131. The van der Waals surface area contributed by atoms with E-state index in [0.29, 0.717) is 12.1 Å². The molecular weight excluding hydrogens is 450 g/mol. The van der Waals surface area contributed by atoms with Gasteiger partial charge in [-0.1, -0.05) is 50.1 Å². The summed E-state index contributed by atoms with van der Waals surface area (Å²) in [5, 5.41) is 12.8. The smallest absolute Gasteiger partial charge is 0.322 e. The number of nitrogens with one attached hydrogen (secondary N) is 1. The van der Waals surface area contributed by atoms with E-state index in [1.165, 1.54) is 23.3 Å². The van der Waals surface area contributed by atoms with Crippen molar-refractivity contribution >= 4 is 23.5 Å². The van der Waals surface area contributed by atoms with Crippen molar-refractivity contribution in [1.29, 1.82) is 5.26 Å². The van der Waals surface area contributed by atoms with E-state index in [4.69, 9.17) is 0 Å². The first-order valence-corrected chi connectivity index (χ1v) is 13.4. The highest BCUT2D eigenvalue weighted by Crippen LogP contribution is 2.51. The minimum atomic E-state index is -0.0390. The van der Waals surface area contributed by atoms with Gasteiger partial charge in [-0.2, -0.15) is 5.26 Å². The Balaban J connectivity index is 1.41. The van der Waals surface area contributed by atoms with Crippen molar-refractivity contribution in [2.45, 2.75) is 56.4 Å². The van der Waals surface area contributed by atoms with Gasteiger partial charge < -0.3 is 5.32 Å². The molecule has 178 valence electrons. The Kier molecular flexibility index (Phi) is 6.58. The number of amides is 2. The lowest BCUT2D eigenvalue weighted by Gasteiger charge is -2.25. The summed E-state index contributed by atoms with van der Waals surface area (Å²) in [7, 11) is 0. The van der Waals surface area contributed by atoms with Crippen molar-refractivity contribution in [3.8, 4) is 17.2 Å². The van der Waals surface area contributed by atoms with Crippen LogP contribution in [-0.4, -0.2) is 18.3 Å². The number of benzene rings is 3. The fourth-order valence-electron chi connectivity index (χ4n) is 5.64. The van der Waals surface area contributed by atoms with E-state index in [1.807, 2.05) is 35.7 Å². The lowest BCUT2D eigenvalue weighted by Crippen LogP contribution is -2.41. The summed E-state index contributed by atoms with van der Waals surface area (Å²) in [6, 6.07) is 23.2. The monoisotopic (exact) mass is 481 g/mol. The number of carbonyl (C=O) groups is 1. The molecule has 5 rings (SSSR count). The molecule has 0 bridgehead atoms. The van der Waals surface area contributed by atoms with Crippen LogP contribution in [0.2, 0.25) is 0 Å². The molecule has 0 unspecified atom stereocenters. The Morgan fingerprint density at radius 2 is 1.86 bits per heavy atom. The molecule has 1 saturated carbocycles. The van der Waals surface area contributed by atoms with Gasteiger partial charge in [-0.25, -0.2) is 4.79 Å². The predicted molar refractivity (Wildman–Crippen MR) is 144 cm³/mol. The molecule has 0 atom stereocenters. The second kappa shape index (κ2) is 9.79. The average Bonchev–Trinajstić information content (AvgIpc) is 3.48. The molecule has 1 fully saturated rings. The first-order valence-electron chi connectivity index (χ1n) is 12.5. The van der Waals surface area contributed by atoms with Crippen LogP contribution >= 0.6 is 11.8 Å². The zero-order valence-corrected chi connectivity index (χ0v) is 21.3. The van der Waals surface area contributed by atoms with Crippen LogP contribution in [-0.2, 0) is 12.0 Å². The Hall–Kier alpha value is -3.23. The Bertz CT molecular complexity index is 1290. The lowest BCUT2D eigenvalue weighted by molar-refractivity contribution is 0.245. The van der Waals surface area contributed by atoms with Gasteiger partial charge in [0.1, 0.15) is 0 Å². The van der Waals surface area contributed by atoms with Gasteiger partial charge in [0.15, 0.2) is 0 Å². The number of carbonyl (C=O) groups excluding carboxylic acids is 1. The number of anilines is 1. The third-order valence-corrected chi connectivity index (χ3v) is 8.30. The van der Waals surface area contributed by atoms with Crippen molar-refractivity contribution in [2.24, 2.45) is 0 Å². The summed E-state index contributed by atoms with van der Waals surface area (Å²) >= 11 is 1.82. The number of nitrogens with zero attached hydrogens (tertiary/aromatic N) is 2. The van der Waals surface area contributed by atoms with Gasteiger partial charge in [0.2, 0.25) is 0 Å². The predicted octanol–water partition coefficient (Wildman–Crippen LogP) is 7.19. The van der Waals surface area contributed by atoms with Crippen LogP contribution in [0.3, 0.4) is 0 Å². The number of thioether (sulfide) groups is 1. The van der Waals surface area contributed by atoms with E-state index in [1.54, 1.807) is 0 Å². The number of nitriles is 1. The van der Waals surface area contributed by atoms with E-state index in [0.717, 1.165) is 53.1 Å². The van der Waals surface area contributed by atoms with Crippen molar-refractivity contribution in [1.82, 2.24) is 5.32 Å². The van der Waals surface area contributed by atoms with Gasteiger partial charge >= 0.3 is 6.03 Å². The molecule has 0 aromatic heterocycles. The van der Waals surface area contributed by atoms with E-state index in [2.05, 4.69) is 66.8 Å². The number of urea groups is 1. The molecule has 3 aromatic rings. The fraction of sp³-hybridized carbons (Fsp3) is 0.333. The van der Waals surface area contributed by atoms with Crippen LogP contribution in [0.25, 0.3) is 11.1 Å². The number of fused-ring (bicyclic) bond motifs is 2. The molecule has 2 aliphatic rings. The summed E-state index contributed by atoms with van der Waals surface area (Å²) in [5.41, 5.74) is 7.18.